The molecule has 3 N–H and O–H groups in total. The van der Waals surface area contributed by atoms with Crippen LogP contribution in [0.5, 0.6) is 0 Å². The lowest BCUT2D eigenvalue weighted by Crippen LogP contribution is -3.07. The molecule has 0 saturated carbocycles. The second-order valence-corrected chi connectivity index (χ2v) is 12.3. The zero-order chi connectivity index (χ0) is 26.7. The lowest BCUT2D eigenvalue weighted by Gasteiger charge is -2.18. The lowest BCUT2D eigenvalue weighted by molar-refractivity contribution is -0.842. The molecule has 0 spiro atoms. The van der Waals surface area contributed by atoms with Crippen LogP contribution in [0.2, 0.25) is 0 Å². The van der Waals surface area contributed by atoms with Gasteiger partial charge in [-0.2, -0.15) is 0 Å². The molecule has 3 atom stereocenters. The fourth-order valence-corrected chi connectivity index (χ4v) is 6.21. The number of unbranched alkanes of at least 4 members (excludes halogenated alkanes) is 12. The van der Waals surface area contributed by atoms with Crippen molar-refractivity contribution in [3.8, 4) is 0 Å². The van der Waals surface area contributed by atoms with Crippen LogP contribution in [0, 0.1) is 0 Å². The van der Waals surface area contributed by atoms with Gasteiger partial charge < -0.3 is 14.7 Å². The zero-order valence-electron chi connectivity index (χ0n) is 25.0. The molecule has 0 aromatic heterocycles. The highest BCUT2D eigenvalue weighted by molar-refractivity contribution is 5.18. The molecule has 3 rings (SSSR count). The van der Waals surface area contributed by atoms with E-state index in [4.69, 9.17) is 0 Å². The number of hydrogen-bond acceptors (Lipinski definition) is 0. The molecule has 3 nitrogen and oxygen atoms in total. The highest BCUT2D eigenvalue weighted by atomic mass is 15.1. The van der Waals surface area contributed by atoms with Gasteiger partial charge in [0.2, 0.25) is 0 Å². The second kappa shape index (κ2) is 19.4. The third-order valence-corrected chi connectivity index (χ3v) is 8.47. The first kappa shape index (κ1) is 30.9. The monoisotopic (exact) mass is 522 g/mol. The van der Waals surface area contributed by atoms with Crippen molar-refractivity contribution in [2.45, 2.75) is 110 Å². The summed E-state index contributed by atoms with van der Waals surface area (Å²) in [4.78, 5) is 4.83. The van der Waals surface area contributed by atoms with E-state index < -0.39 is 0 Å². The van der Waals surface area contributed by atoms with E-state index in [0.717, 1.165) is 0 Å². The Labute approximate surface area is 235 Å². The summed E-state index contributed by atoms with van der Waals surface area (Å²) in [5.74, 6) is 0. The molecule has 0 amide bonds. The van der Waals surface area contributed by atoms with Crippen LogP contribution in [0.4, 0.5) is 0 Å². The maximum Gasteiger partial charge on any atom is 0.103 e. The van der Waals surface area contributed by atoms with E-state index in [1.54, 1.807) is 20.9 Å². The SMILES string of the molecule is CC1=C[NH+](CCCCCCCCCC2=C[NH+](CCCCCCCCCC3=CC=C[NH+](C)C3)CC=C2)CC=C1. The van der Waals surface area contributed by atoms with Crippen LogP contribution in [-0.2, 0) is 0 Å². The molecule has 3 aliphatic heterocycles. The Kier molecular flexibility index (Phi) is 15.7. The molecule has 0 fully saturated rings. The van der Waals surface area contributed by atoms with Crippen molar-refractivity contribution >= 4 is 0 Å². The van der Waals surface area contributed by atoms with Crippen molar-refractivity contribution in [3.63, 3.8) is 0 Å². The summed E-state index contributed by atoms with van der Waals surface area (Å²) in [6, 6.07) is 0. The van der Waals surface area contributed by atoms with Crippen LogP contribution in [-0.4, -0.2) is 39.8 Å². The molecule has 0 aromatic rings. The summed E-state index contributed by atoms with van der Waals surface area (Å²) in [6.07, 6.45) is 43.4. The second-order valence-electron chi connectivity index (χ2n) is 12.3. The van der Waals surface area contributed by atoms with Gasteiger partial charge in [0.25, 0.3) is 0 Å². The van der Waals surface area contributed by atoms with Crippen molar-refractivity contribution in [1.29, 1.82) is 0 Å². The minimum atomic E-state index is 1.18. The average Bonchev–Trinajstić information content (AvgIpc) is 2.91. The summed E-state index contributed by atoms with van der Waals surface area (Å²) < 4.78 is 0. The van der Waals surface area contributed by atoms with E-state index in [-0.39, 0.29) is 0 Å². The summed E-state index contributed by atoms with van der Waals surface area (Å²) in [5, 5.41) is 0. The van der Waals surface area contributed by atoms with E-state index in [1.807, 2.05) is 0 Å². The summed E-state index contributed by atoms with van der Waals surface area (Å²) in [5.41, 5.74) is 4.65. The van der Waals surface area contributed by atoms with E-state index in [2.05, 4.69) is 69.0 Å². The third kappa shape index (κ3) is 13.9. The predicted octanol–water partition coefficient (Wildman–Crippen LogP) is 4.89. The Morgan fingerprint density at radius 2 is 1.18 bits per heavy atom. The van der Waals surface area contributed by atoms with Gasteiger partial charge >= 0.3 is 0 Å². The molecule has 0 bridgehead atoms. The summed E-state index contributed by atoms with van der Waals surface area (Å²) in [6.45, 7) is 8.41. The van der Waals surface area contributed by atoms with Gasteiger partial charge in [0.1, 0.15) is 19.6 Å². The fraction of sp³-hybridized carbons (Fsp3) is 0.657. The Hall–Kier alpha value is -1.68. The maximum atomic E-state index is 2.54. The summed E-state index contributed by atoms with van der Waals surface area (Å²) >= 11 is 0. The molecular weight excluding hydrogens is 462 g/mol. The van der Waals surface area contributed by atoms with Gasteiger partial charge in [-0.3, -0.25) is 0 Å². The van der Waals surface area contributed by atoms with Crippen molar-refractivity contribution in [3.05, 3.63) is 71.8 Å². The van der Waals surface area contributed by atoms with Crippen LogP contribution >= 0.6 is 0 Å². The Bertz CT molecular complexity index is 828. The zero-order valence-corrected chi connectivity index (χ0v) is 25.0. The minimum absolute atomic E-state index is 1.18. The van der Waals surface area contributed by atoms with Gasteiger partial charge in [0, 0.05) is 11.1 Å². The lowest BCUT2D eigenvalue weighted by atomic mass is 10.0. The molecule has 0 radical (unpaired) electrons. The third-order valence-electron chi connectivity index (χ3n) is 8.47. The quantitative estimate of drug-likeness (QED) is 0.188. The van der Waals surface area contributed by atoms with Crippen molar-refractivity contribution in [2.24, 2.45) is 0 Å². The molecule has 0 aliphatic carbocycles. The van der Waals surface area contributed by atoms with E-state index in [9.17, 15) is 0 Å². The Morgan fingerprint density at radius 3 is 1.82 bits per heavy atom. The van der Waals surface area contributed by atoms with Crippen LogP contribution in [0.3, 0.4) is 0 Å². The molecule has 0 saturated heterocycles. The molecule has 3 unspecified atom stereocenters. The number of quaternary nitrogens is 3. The first-order valence-electron chi connectivity index (χ1n) is 16.3. The first-order valence-corrected chi connectivity index (χ1v) is 16.3. The summed E-state index contributed by atoms with van der Waals surface area (Å²) in [7, 11) is 2.25. The molecule has 3 heterocycles. The molecule has 3 aliphatic rings. The van der Waals surface area contributed by atoms with Gasteiger partial charge in [-0.05, 0) is 82.1 Å². The molecule has 38 heavy (non-hydrogen) atoms. The molecular formula is C35H60N3+3. The minimum Gasteiger partial charge on any atom is -0.308 e. The van der Waals surface area contributed by atoms with Gasteiger partial charge in [-0.15, -0.1) is 0 Å². The fourth-order valence-electron chi connectivity index (χ4n) is 6.21. The normalized spacial score (nSPS) is 22.9. The van der Waals surface area contributed by atoms with Crippen LogP contribution in [0.1, 0.15) is 110 Å². The molecule has 0 aromatic carbocycles. The highest BCUT2D eigenvalue weighted by Crippen LogP contribution is 2.14. The van der Waals surface area contributed by atoms with Gasteiger partial charge in [-0.25, -0.2) is 0 Å². The van der Waals surface area contributed by atoms with Gasteiger partial charge in [-0.1, -0.05) is 69.6 Å². The molecule has 3 heteroatoms. The van der Waals surface area contributed by atoms with Crippen LogP contribution in [0.15, 0.2) is 71.8 Å². The van der Waals surface area contributed by atoms with Crippen molar-refractivity contribution in [1.82, 2.24) is 0 Å². The smallest absolute Gasteiger partial charge is 0.103 e. The Morgan fingerprint density at radius 1 is 0.632 bits per heavy atom. The Balaban J connectivity index is 1.09. The van der Waals surface area contributed by atoms with Crippen molar-refractivity contribution in [2.75, 3.05) is 39.8 Å². The highest BCUT2D eigenvalue weighted by Gasteiger charge is 2.11. The number of allylic oxidation sites excluding steroid dienone is 6. The largest absolute Gasteiger partial charge is 0.308 e. The first-order chi connectivity index (χ1) is 18.7. The van der Waals surface area contributed by atoms with E-state index >= 15 is 0 Å². The topological polar surface area (TPSA) is 13.3 Å². The van der Waals surface area contributed by atoms with Crippen LogP contribution < -0.4 is 14.7 Å². The van der Waals surface area contributed by atoms with E-state index in [1.165, 1.54) is 146 Å². The average molecular weight is 523 g/mol. The standard InChI is InChI=1S/C35H57N3/c1-33-20-17-28-37(30-33)26-15-11-7-4-6-10-14-22-35-24-19-29-38(32-35)27-16-12-8-3-5-9-13-21-34-23-18-25-36(2)31-34/h17-20,23-25,30,32H,3-16,21-22,26-29,31H2,1-2H3/p+3. The number of hydrogen-bond donors (Lipinski definition) is 3. The maximum absolute atomic E-state index is 2.54. The molecule has 212 valence electrons. The number of nitrogens with one attached hydrogen (secondary N) is 3. The van der Waals surface area contributed by atoms with Gasteiger partial charge in [0.15, 0.2) is 0 Å². The number of likely N-dealkylation sites (N-methyl/N-ethyl adjacent to an activating group) is 1. The number of rotatable bonds is 20. The predicted molar refractivity (Wildman–Crippen MR) is 164 cm³/mol. The van der Waals surface area contributed by atoms with Crippen LogP contribution in [0.25, 0.3) is 0 Å². The van der Waals surface area contributed by atoms with Gasteiger partial charge in [0.05, 0.1) is 38.7 Å². The van der Waals surface area contributed by atoms with Crippen molar-refractivity contribution < 1.29 is 14.7 Å². The van der Waals surface area contributed by atoms with E-state index in [0.29, 0.717) is 0 Å².